The molecule has 1 heterocycles. The molecule has 0 saturated heterocycles. The van der Waals surface area contributed by atoms with Crippen molar-refractivity contribution < 1.29 is 4.74 Å². The van der Waals surface area contributed by atoms with Crippen LogP contribution in [0.25, 0.3) is 0 Å². The highest BCUT2D eigenvalue weighted by molar-refractivity contribution is 8.50. The van der Waals surface area contributed by atoms with E-state index in [2.05, 4.69) is 10.1 Å². The van der Waals surface area contributed by atoms with Crippen LogP contribution in [0.3, 0.4) is 0 Å². The Balaban J connectivity index is 2.26. The minimum absolute atomic E-state index is 0.499. The quantitative estimate of drug-likeness (QED) is 0.810. The number of ether oxygens (including phenoxy) is 1. The number of hydrogen-bond donors (Lipinski definition) is 0. The largest absolute Gasteiger partial charge is 0.438 e. The zero-order chi connectivity index (χ0) is 14.5. The van der Waals surface area contributed by atoms with E-state index in [9.17, 15) is 0 Å². The van der Waals surface area contributed by atoms with Gasteiger partial charge in [0.1, 0.15) is 18.4 Å². The van der Waals surface area contributed by atoms with Gasteiger partial charge in [-0.3, -0.25) is 0 Å². The van der Waals surface area contributed by atoms with E-state index in [1.54, 1.807) is 15.9 Å². The molecule has 5 nitrogen and oxygen atoms in total. The Kier molecular flexibility index (Phi) is 5.42. The topological polar surface area (TPSA) is 43.2 Å². The molecule has 0 fully saturated rings. The van der Waals surface area contributed by atoms with Crippen molar-refractivity contribution in [2.75, 3.05) is 14.1 Å². The molecular weight excluding hydrogens is 319 g/mol. The molecule has 20 heavy (non-hydrogen) atoms. The Labute approximate surface area is 129 Å². The number of hydrogen-bond acceptors (Lipinski definition) is 3. The van der Waals surface area contributed by atoms with Crippen LogP contribution in [0.1, 0.15) is 5.56 Å². The van der Waals surface area contributed by atoms with E-state index in [1.807, 2.05) is 38.4 Å². The summed E-state index contributed by atoms with van der Waals surface area (Å²) in [5.74, 6) is 0.700. The van der Waals surface area contributed by atoms with Crippen molar-refractivity contribution in [1.29, 1.82) is 0 Å². The second-order valence-electron chi connectivity index (χ2n) is 4.18. The van der Waals surface area contributed by atoms with Gasteiger partial charge in [-0.2, -0.15) is 5.10 Å². The van der Waals surface area contributed by atoms with Crippen LogP contribution in [0.5, 0.6) is 5.75 Å². The molecule has 0 atom stereocenters. The van der Waals surface area contributed by atoms with Crippen molar-refractivity contribution >= 4 is 35.5 Å². The third-order valence-corrected chi connectivity index (χ3v) is 3.97. The van der Waals surface area contributed by atoms with Crippen LogP contribution in [-0.4, -0.2) is 38.9 Å². The van der Waals surface area contributed by atoms with Gasteiger partial charge in [0, 0.05) is 5.56 Å². The molecule has 1 aromatic carbocycles. The normalized spacial score (nSPS) is 11.1. The Morgan fingerprint density at radius 2 is 2.10 bits per heavy atom. The van der Waals surface area contributed by atoms with Gasteiger partial charge in [0.15, 0.2) is 0 Å². The van der Waals surface area contributed by atoms with Crippen LogP contribution >= 0.6 is 30.3 Å². The van der Waals surface area contributed by atoms with Crippen LogP contribution in [0.4, 0.5) is 0 Å². The van der Waals surface area contributed by atoms with Gasteiger partial charge in [0.05, 0.1) is 15.5 Å². The molecule has 0 amide bonds. The molecule has 0 aliphatic rings. The average Bonchev–Trinajstić information content (AvgIpc) is 2.89. The minimum Gasteiger partial charge on any atom is -0.438 e. The number of halogens is 2. The maximum absolute atomic E-state index is 5.95. The molecule has 0 aliphatic carbocycles. The van der Waals surface area contributed by atoms with Crippen molar-refractivity contribution in [1.82, 2.24) is 19.7 Å². The number of nitrogens with zero attached hydrogens (tertiary/aromatic N) is 4. The Morgan fingerprint density at radius 1 is 1.35 bits per heavy atom. The zero-order valence-electron chi connectivity index (χ0n) is 11.0. The first-order chi connectivity index (χ1) is 9.58. The first-order valence-electron chi connectivity index (χ1n) is 5.77. The highest BCUT2D eigenvalue weighted by Crippen LogP contribution is 2.29. The van der Waals surface area contributed by atoms with E-state index < -0.39 is 8.91 Å². The highest BCUT2D eigenvalue weighted by atomic mass is 36.0. The van der Waals surface area contributed by atoms with Gasteiger partial charge in [0.25, 0.3) is 0 Å². The van der Waals surface area contributed by atoms with Crippen LogP contribution in [-0.2, 0) is 6.54 Å². The summed E-state index contributed by atoms with van der Waals surface area (Å²) in [6.45, 7) is 0.565. The molecule has 2 rings (SSSR count). The fourth-order valence-corrected chi connectivity index (χ4v) is 3.02. The molecule has 0 N–H and O–H groups in total. The van der Waals surface area contributed by atoms with E-state index in [4.69, 9.17) is 26.1 Å². The SMILES string of the molecule is CN(C)C(Oc1ccccc1Cn1cncn1)=S(Cl)Cl. The van der Waals surface area contributed by atoms with Crippen LogP contribution in [0.15, 0.2) is 36.9 Å². The first kappa shape index (κ1) is 15.3. The molecule has 0 radical (unpaired) electrons. The summed E-state index contributed by atoms with van der Waals surface area (Å²) in [5.41, 5.74) is 0.969. The summed E-state index contributed by atoms with van der Waals surface area (Å²) in [6.07, 6.45) is 3.15. The number of rotatable bonds is 3. The van der Waals surface area contributed by atoms with E-state index in [1.165, 1.54) is 6.33 Å². The molecule has 0 aliphatic heterocycles. The minimum atomic E-state index is -1.00. The molecule has 8 heteroatoms. The van der Waals surface area contributed by atoms with Crippen molar-refractivity contribution in [3.63, 3.8) is 0 Å². The lowest BCUT2D eigenvalue weighted by molar-refractivity contribution is 0.443. The molecular formula is C12H14Cl2N4OS. The molecule has 1 aromatic heterocycles. The fourth-order valence-electron chi connectivity index (χ4n) is 1.58. The third-order valence-electron chi connectivity index (χ3n) is 2.47. The van der Waals surface area contributed by atoms with Crippen molar-refractivity contribution in [3.05, 3.63) is 42.5 Å². The van der Waals surface area contributed by atoms with Gasteiger partial charge >= 0.3 is 0 Å². The number of para-hydroxylation sites is 1. The molecule has 0 bridgehead atoms. The van der Waals surface area contributed by atoms with E-state index in [-0.39, 0.29) is 0 Å². The van der Waals surface area contributed by atoms with Gasteiger partial charge in [-0.1, -0.05) is 18.2 Å². The van der Waals surface area contributed by atoms with Crippen molar-refractivity contribution in [2.24, 2.45) is 0 Å². The molecule has 0 saturated carbocycles. The van der Waals surface area contributed by atoms with Crippen LogP contribution in [0.2, 0.25) is 0 Å². The molecule has 2 aromatic rings. The lowest BCUT2D eigenvalue weighted by Crippen LogP contribution is -2.27. The number of benzene rings is 1. The monoisotopic (exact) mass is 332 g/mol. The summed E-state index contributed by atoms with van der Waals surface area (Å²) in [6, 6.07) is 7.67. The van der Waals surface area contributed by atoms with Gasteiger partial charge < -0.3 is 4.74 Å². The second-order valence-corrected chi connectivity index (χ2v) is 7.28. The van der Waals surface area contributed by atoms with Gasteiger partial charge in [0.2, 0.25) is 5.17 Å². The van der Waals surface area contributed by atoms with Crippen molar-refractivity contribution in [2.45, 2.75) is 6.54 Å². The lowest BCUT2D eigenvalue weighted by atomic mass is 10.2. The third kappa shape index (κ3) is 3.96. The zero-order valence-corrected chi connectivity index (χ0v) is 13.4. The Morgan fingerprint density at radius 3 is 2.70 bits per heavy atom. The summed E-state index contributed by atoms with van der Waals surface area (Å²) < 4.78 is 7.57. The van der Waals surface area contributed by atoms with E-state index in [0.717, 1.165) is 5.56 Å². The van der Waals surface area contributed by atoms with Gasteiger partial charge in [-0.05, 0) is 41.5 Å². The van der Waals surface area contributed by atoms with Gasteiger partial charge in [-0.25, -0.2) is 14.6 Å². The Bertz CT molecular complexity index is 597. The first-order valence-corrected chi connectivity index (χ1v) is 8.65. The highest BCUT2D eigenvalue weighted by Gasteiger charge is 2.12. The average molecular weight is 333 g/mol. The summed E-state index contributed by atoms with van der Waals surface area (Å²) in [5, 5.41) is 4.58. The lowest BCUT2D eigenvalue weighted by Gasteiger charge is -2.18. The molecule has 108 valence electrons. The summed E-state index contributed by atoms with van der Waals surface area (Å²) >= 11 is 0. The van der Waals surface area contributed by atoms with Gasteiger partial charge in [-0.15, -0.1) is 0 Å². The van der Waals surface area contributed by atoms with Crippen molar-refractivity contribution in [3.8, 4) is 5.75 Å². The molecule has 0 spiro atoms. The second kappa shape index (κ2) is 7.08. The smallest absolute Gasteiger partial charge is 0.229 e. The van der Waals surface area contributed by atoms with Crippen LogP contribution in [0, 0.1) is 0 Å². The van der Waals surface area contributed by atoms with Crippen LogP contribution < -0.4 is 4.74 Å². The Hall–Kier alpha value is -1.08. The predicted molar refractivity (Wildman–Crippen MR) is 84.2 cm³/mol. The predicted octanol–water partition coefficient (Wildman–Crippen LogP) is 2.93. The summed E-state index contributed by atoms with van der Waals surface area (Å²) in [7, 11) is 14.6. The number of aromatic nitrogens is 3. The maximum Gasteiger partial charge on any atom is 0.229 e. The van der Waals surface area contributed by atoms with E-state index in [0.29, 0.717) is 17.5 Å². The fraction of sp³-hybridized carbons (Fsp3) is 0.250. The maximum atomic E-state index is 5.95. The summed E-state index contributed by atoms with van der Waals surface area (Å²) in [4.78, 5) is 5.68. The van der Waals surface area contributed by atoms with E-state index >= 15 is 0 Å². The molecule has 0 unspecified atom stereocenters. The standard InChI is InChI=1S/C12H14Cl2N4OS/c1-17(2)12(20(13)14)19-11-6-4-3-5-10(11)7-18-9-15-8-16-18/h3-6,8-9H,7H2,1-2H3.